The summed E-state index contributed by atoms with van der Waals surface area (Å²) in [5, 5.41) is 6.14. The van der Waals surface area contributed by atoms with Crippen molar-refractivity contribution in [1.82, 2.24) is 5.43 Å². The third-order valence-electron chi connectivity index (χ3n) is 3.32. The summed E-state index contributed by atoms with van der Waals surface area (Å²) in [6.07, 6.45) is -0.167. The van der Waals surface area contributed by atoms with E-state index >= 15 is 0 Å². The van der Waals surface area contributed by atoms with Crippen LogP contribution in [0.1, 0.15) is 23.7 Å². The smallest absolute Gasteiger partial charge is 0.271 e. The Labute approximate surface area is 148 Å². The van der Waals surface area contributed by atoms with Crippen LogP contribution in [0.15, 0.2) is 47.6 Å². The Kier molecular flexibility index (Phi) is 6.37. The first-order chi connectivity index (χ1) is 12.4. The molecule has 2 aromatic rings. The van der Waals surface area contributed by atoms with Crippen molar-refractivity contribution in [3.63, 3.8) is 0 Å². The van der Waals surface area contributed by atoms with Gasteiger partial charge in [0.15, 0.2) is 0 Å². The summed E-state index contributed by atoms with van der Waals surface area (Å²) in [7, 11) is 1.52. The molecular weight excluding hydrogens is 344 g/mol. The molecule has 0 fully saturated rings. The monoisotopic (exact) mass is 361 g/mol. The van der Waals surface area contributed by atoms with E-state index in [1.54, 1.807) is 24.3 Å². The number of amides is 2. The maximum Gasteiger partial charge on any atom is 0.271 e. The fourth-order valence-corrected chi connectivity index (χ4v) is 2.01. The van der Waals surface area contributed by atoms with Crippen LogP contribution in [0, 0.1) is 11.6 Å². The van der Waals surface area contributed by atoms with Gasteiger partial charge in [0.2, 0.25) is 5.91 Å². The number of ether oxygens (including phenoxy) is 1. The molecule has 0 spiro atoms. The predicted molar refractivity (Wildman–Crippen MR) is 93.2 cm³/mol. The van der Waals surface area contributed by atoms with Gasteiger partial charge >= 0.3 is 0 Å². The molecule has 2 amide bonds. The van der Waals surface area contributed by atoms with Crippen molar-refractivity contribution in [2.24, 2.45) is 5.10 Å². The van der Waals surface area contributed by atoms with E-state index in [9.17, 15) is 18.4 Å². The number of nitrogens with zero attached hydrogens (tertiary/aromatic N) is 1. The molecule has 0 saturated heterocycles. The lowest BCUT2D eigenvalue weighted by Crippen LogP contribution is -2.21. The number of hydrazone groups is 1. The van der Waals surface area contributed by atoms with Crippen LogP contribution in [0.5, 0.6) is 5.75 Å². The van der Waals surface area contributed by atoms with E-state index in [0.717, 1.165) is 12.1 Å². The number of benzene rings is 2. The number of anilines is 1. The Morgan fingerprint density at radius 1 is 1.12 bits per heavy atom. The lowest BCUT2D eigenvalue weighted by molar-refractivity contribution is -0.115. The van der Waals surface area contributed by atoms with Gasteiger partial charge in [-0.3, -0.25) is 9.59 Å². The molecule has 0 radical (unpaired) electrons. The number of methoxy groups -OCH3 is 1. The van der Waals surface area contributed by atoms with Crippen LogP contribution in [0.25, 0.3) is 0 Å². The van der Waals surface area contributed by atoms with Gasteiger partial charge < -0.3 is 10.1 Å². The molecule has 0 bridgehead atoms. The van der Waals surface area contributed by atoms with Crippen molar-refractivity contribution >= 4 is 23.2 Å². The van der Waals surface area contributed by atoms with E-state index in [1.165, 1.54) is 14.0 Å². The molecule has 0 saturated carbocycles. The van der Waals surface area contributed by atoms with E-state index < -0.39 is 23.4 Å². The molecule has 136 valence electrons. The highest BCUT2D eigenvalue weighted by Gasteiger charge is 2.10. The van der Waals surface area contributed by atoms with Gasteiger partial charge in [-0.25, -0.2) is 14.2 Å². The van der Waals surface area contributed by atoms with Crippen molar-refractivity contribution in [2.45, 2.75) is 13.3 Å². The molecule has 2 N–H and O–H groups in total. The third kappa shape index (κ3) is 5.37. The maximum absolute atomic E-state index is 13.5. The van der Waals surface area contributed by atoms with Crippen LogP contribution in [0.2, 0.25) is 0 Å². The number of carbonyl (C=O) groups is 2. The maximum atomic E-state index is 13.5. The quantitative estimate of drug-likeness (QED) is 0.613. The molecule has 0 unspecified atom stereocenters. The van der Waals surface area contributed by atoms with Gasteiger partial charge in [0.05, 0.1) is 19.2 Å². The normalized spacial score (nSPS) is 11.0. The van der Waals surface area contributed by atoms with Crippen molar-refractivity contribution in [2.75, 3.05) is 12.4 Å². The molecular formula is C18H17F2N3O3. The molecule has 6 nitrogen and oxygen atoms in total. The fourth-order valence-electron chi connectivity index (χ4n) is 2.01. The largest absolute Gasteiger partial charge is 0.497 e. The van der Waals surface area contributed by atoms with Crippen LogP contribution in [0.4, 0.5) is 14.5 Å². The fraction of sp³-hybridized carbons (Fsp3) is 0.167. The average molecular weight is 361 g/mol. The number of carbonyl (C=O) groups excluding carboxylic acids is 2. The molecule has 2 rings (SSSR count). The van der Waals surface area contributed by atoms with Crippen LogP contribution in [0.3, 0.4) is 0 Å². The second kappa shape index (κ2) is 8.70. The minimum absolute atomic E-state index is 0.133. The number of rotatable bonds is 6. The summed E-state index contributed by atoms with van der Waals surface area (Å²) in [5.74, 6) is -1.99. The highest BCUT2D eigenvalue weighted by molar-refractivity contribution is 6.06. The van der Waals surface area contributed by atoms with Crippen LogP contribution in [-0.4, -0.2) is 24.6 Å². The predicted octanol–water partition coefficient (Wildman–Crippen LogP) is 3.11. The molecule has 0 aromatic heterocycles. The Morgan fingerprint density at radius 3 is 2.42 bits per heavy atom. The number of hydrogen-bond donors (Lipinski definition) is 2. The highest BCUT2D eigenvalue weighted by atomic mass is 19.1. The van der Waals surface area contributed by atoms with E-state index in [-0.39, 0.29) is 12.1 Å². The number of nitrogens with one attached hydrogen (secondary N) is 2. The zero-order valence-corrected chi connectivity index (χ0v) is 14.2. The van der Waals surface area contributed by atoms with Gasteiger partial charge in [-0.05, 0) is 43.3 Å². The summed E-state index contributed by atoms with van der Waals surface area (Å²) >= 11 is 0. The highest BCUT2D eigenvalue weighted by Crippen LogP contribution is 2.15. The molecule has 8 heteroatoms. The Morgan fingerprint density at radius 2 is 1.81 bits per heavy atom. The summed E-state index contributed by atoms with van der Waals surface area (Å²) in [6.45, 7) is 1.54. The van der Waals surface area contributed by atoms with Crippen molar-refractivity contribution in [3.05, 3.63) is 59.7 Å². The van der Waals surface area contributed by atoms with E-state index in [0.29, 0.717) is 23.1 Å². The zero-order valence-electron chi connectivity index (χ0n) is 14.2. The SMILES string of the molecule is COc1ccc(C(=O)NN=C(C)CC(=O)Nc2ccc(F)cc2F)cc1. The lowest BCUT2D eigenvalue weighted by Gasteiger charge is -2.07. The van der Waals surface area contributed by atoms with Crippen molar-refractivity contribution in [1.29, 1.82) is 0 Å². The second-order valence-corrected chi connectivity index (χ2v) is 5.37. The van der Waals surface area contributed by atoms with Gasteiger partial charge in [0.25, 0.3) is 5.91 Å². The minimum Gasteiger partial charge on any atom is -0.497 e. The Balaban J connectivity index is 1.90. The minimum atomic E-state index is -0.874. The van der Waals surface area contributed by atoms with Gasteiger partial charge in [-0.2, -0.15) is 5.10 Å². The van der Waals surface area contributed by atoms with Gasteiger partial charge in [0.1, 0.15) is 17.4 Å². The van der Waals surface area contributed by atoms with Crippen molar-refractivity contribution < 1.29 is 23.1 Å². The van der Waals surface area contributed by atoms with Gasteiger partial charge in [-0.1, -0.05) is 0 Å². The van der Waals surface area contributed by atoms with Gasteiger partial charge in [-0.15, -0.1) is 0 Å². The molecule has 0 aliphatic rings. The molecule has 0 aliphatic heterocycles. The molecule has 0 atom stereocenters. The summed E-state index contributed by atoms with van der Waals surface area (Å²) in [5.41, 5.74) is 2.88. The zero-order chi connectivity index (χ0) is 19.1. The third-order valence-corrected chi connectivity index (χ3v) is 3.32. The first-order valence-electron chi connectivity index (χ1n) is 7.61. The molecule has 2 aromatic carbocycles. The molecule has 26 heavy (non-hydrogen) atoms. The molecule has 0 aliphatic carbocycles. The van der Waals surface area contributed by atoms with Crippen molar-refractivity contribution in [3.8, 4) is 5.75 Å². The first kappa shape index (κ1) is 19.0. The summed E-state index contributed by atoms with van der Waals surface area (Å²) < 4.78 is 31.3. The Hall–Kier alpha value is -3.29. The summed E-state index contributed by atoms with van der Waals surface area (Å²) in [4.78, 5) is 23.8. The lowest BCUT2D eigenvalue weighted by atomic mass is 10.2. The number of hydrogen-bond acceptors (Lipinski definition) is 4. The van der Waals surface area contributed by atoms with E-state index in [4.69, 9.17) is 4.74 Å². The summed E-state index contributed by atoms with van der Waals surface area (Å²) in [6, 6.07) is 9.25. The van der Waals surface area contributed by atoms with Crippen LogP contribution >= 0.6 is 0 Å². The molecule has 0 heterocycles. The van der Waals surface area contributed by atoms with Crippen LogP contribution in [-0.2, 0) is 4.79 Å². The van der Waals surface area contributed by atoms with Crippen LogP contribution < -0.4 is 15.5 Å². The topological polar surface area (TPSA) is 79.8 Å². The average Bonchev–Trinajstić information content (AvgIpc) is 2.62. The van der Waals surface area contributed by atoms with E-state index in [2.05, 4.69) is 15.8 Å². The van der Waals surface area contributed by atoms with Gasteiger partial charge in [0, 0.05) is 17.3 Å². The standard InChI is InChI=1S/C18H17F2N3O3/c1-11(9-17(24)21-16-8-5-13(19)10-15(16)20)22-23-18(25)12-3-6-14(26-2)7-4-12/h3-8,10H,9H2,1-2H3,(H,21,24)(H,23,25). The van der Waals surface area contributed by atoms with E-state index in [1.807, 2.05) is 0 Å². The first-order valence-corrected chi connectivity index (χ1v) is 7.61. The number of halogens is 2. The second-order valence-electron chi connectivity index (χ2n) is 5.37. The Bertz CT molecular complexity index is 836.